The van der Waals surface area contributed by atoms with Gasteiger partial charge in [0, 0.05) is 7.11 Å². The average Bonchev–Trinajstić information content (AvgIpc) is 2.03. The Morgan fingerprint density at radius 1 is 1.67 bits per heavy atom. The molecule has 1 heterocycles. The molecule has 0 unspecified atom stereocenters. The molecule has 12 heavy (non-hydrogen) atoms. The van der Waals surface area contributed by atoms with Crippen LogP contribution in [0.4, 0.5) is 0 Å². The van der Waals surface area contributed by atoms with Crippen LogP contribution in [-0.2, 0) is 9.47 Å². The van der Waals surface area contributed by atoms with E-state index >= 15 is 0 Å². The van der Waals surface area contributed by atoms with Gasteiger partial charge in [-0.1, -0.05) is 5.92 Å². The first-order valence-electron chi connectivity index (χ1n) is 3.66. The van der Waals surface area contributed by atoms with Gasteiger partial charge in [-0.2, -0.15) is 5.26 Å². The lowest BCUT2D eigenvalue weighted by molar-refractivity contribution is -0.170. The van der Waals surface area contributed by atoms with Gasteiger partial charge < -0.3 is 9.47 Å². The molecule has 0 saturated carbocycles. The minimum absolute atomic E-state index is 0.359. The molecule has 0 aromatic carbocycles. The molecule has 0 radical (unpaired) electrons. The Kier molecular flexibility index (Phi) is 2.10. The van der Waals surface area contributed by atoms with E-state index in [9.17, 15) is 0 Å². The van der Waals surface area contributed by atoms with Gasteiger partial charge in [-0.15, -0.1) is 6.42 Å². The lowest BCUT2D eigenvalue weighted by Gasteiger charge is -2.44. The molecule has 1 aliphatic heterocycles. The van der Waals surface area contributed by atoms with E-state index < -0.39 is 11.0 Å². The zero-order valence-electron chi connectivity index (χ0n) is 7.26. The van der Waals surface area contributed by atoms with E-state index in [-0.39, 0.29) is 0 Å². The Hall–Kier alpha value is -1.03. The molecule has 0 spiro atoms. The molecule has 1 rings (SSSR count). The fourth-order valence-electron chi connectivity index (χ4n) is 1.15. The van der Waals surface area contributed by atoms with Gasteiger partial charge in [0.2, 0.25) is 0 Å². The lowest BCUT2D eigenvalue weighted by Crippen LogP contribution is -2.57. The normalized spacial score (nSPS) is 24.3. The van der Waals surface area contributed by atoms with Gasteiger partial charge in [-0.05, 0) is 6.92 Å². The highest BCUT2D eigenvalue weighted by Gasteiger charge is 2.54. The fourth-order valence-corrected chi connectivity index (χ4v) is 1.15. The third-order valence-corrected chi connectivity index (χ3v) is 2.51. The SMILES string of the molecule is C#C[C@@](C)(OC)C1(C#N)COC1. The van der Waals surface area contributed by atoms with Crippen LogP contribution in [0.3, 0.4) is 0 Å². The second-order valence-corrected chi connectivity index (χ2v) is 3.07. The molecule has 1 fully saturated rings. The van der Waals surface area contributed by atoms with Gasteiger partial charge in [0.15, 0.2) is 0 Å². The van der Waals surface area contributed by atoms with Crippen LogP contribution < -0.4 is 0 Å². The molecular weight excluding hydrogens is 154 g/mol. The van der Waals surface area contributed by atoms with Gasteiger partial charge >= 0.3 is 0 Å². The van der Waals surface area contributed by atoms with E-state index in [1.807, 2.05) is 0 Å². The summed E-state index contributed by atoms with van der Waals surface area (Å²) in [5.41, 5.74) is -1.49. The molecule has 0 bridgehead atoms. The number of terminal acetylenes is 1. The Balaban J connectivity index is 2.94. The molecule has 64 valence electrons. The van der Waals surface area contributed by atoms with Crippen LogP contribution in [0.15, 0.2) is 0 Å². The van der Waals surface area contributed by atoms with Crippen molar-refractivity contribution in [2.24, 2.45) is 5.41 Å². The maximum atomic E-state index is 8.93. The topological polar surface area (TPSA) is 42.2 Å². The summed E-state index contributed by atoms with van der Waals surface area (Å²) in [5.74, 6) is 2.50. The minimum Gasteiger partial charge on any atom is -0.378 e. The van der Waals surface area contributed by atoms with Crippen LogP contribution in [0.1, 0.15) is 6.92 Å². The van der Waals surface area contributed by atoms with E-state index in [2.05, 4.69) is 12.0 Å². The van der Waals surface area contributed by atoms with E-state index in [1.54, 1.807) is 6.92 Å². The third-order valence-electron chi connectivity index (χ3n) is 2.51. The van der Waals surface area contributed by atoms with Gasteiger partial charge in [0.25, 0.3) is 0 Å². The maximum Gasteiger partial charge on any atom is 0.148 e. The van der Waals surface area contributed by atoms with Crippen LogP contribution in [0, 0.1) is 29.1 Å². The van der Waals surface area contributed by atoms with Gasteiger partial charge in [-0.3, -0.25) is 0 Å². The van der Waals surface area contributed by atoms with Crippen molar-refractivity contribution in [3.05, 3.63) is 0 Å². The molecule has 1 aliphatic rings. The summed E-state index contributed by atoms with van der Waals surface area (Å²) < 4.78 is 10.1. The first-order valence-corrected chi connectivity index (χ1v) is 3.66. The van der Waals surface area contributed by atoms with E-state index in [0.717, 1.165) is 0 Å². The highest BCUT2D eigenvalue weighted by Crippen LogP contribution is 2.39. The Labute approximate surface area is 72.3 Å². The molecule has 3 heteroatoms. The van der Waals surface area contributed by atoms with Crippen molar-refractivity contribution in [1.82, 2.24) is 0 Å². The zero-order valence-corrected chi connectivity index (χ0v) is 7.26. The molecule has 0 aliphatic carbocycles. The summed E-state index contributed by atoms with van der Waals surface area (Å²) in [4.78, 5) is 0. The summed E-state index contributed by atoms with van der Waals surface area (Å²) in [6, 6.07) is 2.16. The van der Waals surface area contributed by atoms with E-state index in [0.29, 0.717) is 13.2 Å². The summed E-state index contributed by atoms with van der Waals surface area (Å²) in [7, 11) is 1.51. The predicted octanol–water partition coefficient (Wildman–Crippen LogP) is 0.565. The van der Waals surface area contributed by atoms with Crippen LogP contribution in [0.5, 0.6) is 0 Å². The summed E-state index contributed by atoms with van der Waals surface area (Å²) in [6.07, 6.45) is 5.31. The van der Waals surface area contributed by atoms with Gasteiger partial charge in [-0.25, -0.2) is 0 Å². The minimum atomic E-state index is -0.833. The first-order chi connectivity index (χ1) is 5.64. The number of hydrogen-bond donors (Lipinski definition) is 0. The van der Waals surface area contributed by atoms with Crippen LogP contribution in [-0.4, -0.2) is 25.9 Å². The number of nitrogens with zero attached hydrogens (tertiary/aromatic N) is 1. The van der Waals surface area contributed by atoms with Crippen molar-refractivity contribution in [3.8, 4) is 18.4 Å². The largest absolute Gasteiger partial charge is 0.378 e. The Morgan fingerprint density at radius 3 is 2.33 bits per heavy atom. The molecule has 1 saturated heterocycles. The second-order valence-electron chi connectivity index (χ2n) is 3.07. The van der Waals surface area contributed by atoms with Gasteiger partial charge in [0.1, 0.15) is 11.0 Å². The maximum absolute atomic E-state index is 8.93. The number of ether oxygens (including phenoxy) is 2. The lowest BCUT2D eigenvalue weighted by atomic mass is 9.72. The third kappa shape index (κ3) is 0.914. The Bertz CT molecular complexity index is 237. The predicted molar refractivity (Wildman–Crippen MR) is 43.1 cm³/mol. The Morgan fingerprint density at radius 2 is 2.25 bits per heavy atom. The number of nitriles is 1. The van der Waals surface area contributed by atoms with Crippen molar-refractivity contribution in [2.45, 2.75) is 12.5 Å². The van der Waals surface area contributed by atoms with E-state index in [4.69, 9.17) is 21.2 Å². The fraction of sp³-hybridized carbons (Fsp3) is 0.667. The van der Waals surface area contributed by atoms with Crippen LogP contribution in [0.2, 0.25) is 0 Å². The smallest absolute Gasteiger partial charge is 0.148 e. The molecule has 0 amide bonds. The quantitative estimate of drug-likeness (QED) is 0.561. The summed E-state index contributed by atoms with van der Waals surface area (Å²) >= 11 is 0. The molecule has 1 atom stereocenters. The van der Waals surface area contributed by atoms with Crippen molar-refractivity contribution >= 4 is 0 Å². The average molecular weight is 165 g/mol. The van der Waals surface area contributed by atoms with Crippen molar-refractivity contribution in [3.63, 3.8) is 0 Å². The summed E-state index contributed by atoms with van der Waals surface area (Å²) in [6.45, 7) is 2.45. The molecule has 3 nitrogen and oxygen atoms in total. The molecule has 0 N–H and O–H groups in total. The van der Waals surface area contributed by atoms with E-state index in [1.165, 1.54) is 7.11 Å². The van der Waals surface area contributed by atoms with Crippen molar-refractivity contribution < 1.29 is 9.47 Å². The molecule has 0 aromatic heterocycles. The molecular formula is C9H11NO2. The van der Waals surface area contributed by atoms with Crippen LogP contribution >= 0.6 is 0 Å². The second kappa shape index (κ2) is 2.79. The summed E-state index contributed by atoms with van der Waals surface area (Å²) in [5, 5.41) is 8.93. The van der Waals surface area contributed by atoms with Crippen molar-refractivity contribution in [2.75, 3.05) is 20.3 Å². The van der Waals surface area contributed by atoms with Crippen molar-refractivity contribution in [1.29, 1.82) is 5.26 Å². The molecule has 0 aromatic rings. The number of methoxy groups -OCH3 is 1. The standard InChI is InChI=1S/C9H11NO2/c1-4-8(2,11-3)9(5-10)6-12-7-9/h1H,6-7H2,2-3H3/t8-/m1/s1. The number of hydrogen-bond acceptors (Lipinski definition) is 3. The monoisotopic (exact) mass is 165 g/mol. The zero-order chi connectivity index (χ0) is 9.24. The number of rotatable bonds is 2. The highest BCUT2D eigenvalue weighted by molar-refractivity contribution is 5.25. The van der Waals surface area contributed by atoms with Gasteiger partial charge in [0.05, 0.1) is 19.3 Å². The van der Waals surface area contributed by atoms with Crippen LogP contribution in [0.25, 0.3) is 0 Å². The highest BCUT2D eigenvalue weighted by atomic mass is 16.5. The first kappa shape index (κ1) is 9.06.